The first-order valence-corrected chi connectivity index (χ1v) is 13.4. The molecule has 2 aliphatic carbocycles. The van der Waals surface area contributed by atoms with E-state index in [9.17, 15) is 0 Å². The van der Waals surface area contributed by atoms with Crippen LogP contribution in [-0.2, 0) is 13.1 Å². The van der Waals surface area contributed by atoms with Gasteiger partial charge in [0.15, 0.2) is 0 Å². The fourth-order valence-electron chi connectivity index (χ4n) is 5.44. The van der Waals surface area contributed by atoms with Crippen LogP contribution in [0.3, 0.4) is 0 Å². The summed E-state index contributed by atoms with van der Waals surface area (Å²) < 4.78 is 0.201. The third-order valence-corrected chi connectivity index (χ3v) is 7.97. The molecule has 174 valence electrons. The Morgan fingerprint density at radius 1 is 0.710 bits per heavy atom. The van der Waals surface area contributed by atoms with Crippen molar-refractivity contribution >= 4 is 11.8 Å². The molecule has 1 aliphatic heterocycles. The Hall–Kier alpha value is -0.660. The van der Waals surface area contributed by atoms with Gasteiger partial charge in [-0.25, -0.2) is 0 Å². The van der Waals surface area contributed by atoms with Crippen LogP contribution in [0, 0.1) is 0 Å². The Balaban J connectivity index is 1.55. The molecule has 2 saturated carbocycles. The normalized spacial score (nSPS) is 31.1. The van der Waals surface area contributed by atoms with Crippen molar-refractivity contribution in [2.75, 3.05) is 13.1 Å². The first-order chi connectivity index (χ1) is 15.0. The monoisotopic (exact) mass is 445 g/mol. The summed E-state index contributed by atoms with van der Waals surface area (Å²) in [6.07, 6.45) is 10.5. The van der Waals surface area contributed by atoms with E-state index in [2.05, 4.69) is 54.2 Å². The van der Waals surface area contributed by atoms with Crippen LogP contribution in [0.2, 0.25) is 0 Å². The highest BCUT2D eigenvalue weighted by molar-refractivity contribution is 8.00. The Kier molecular flexibility index (Phi) is 8.32. The van der Waals surface area contributed by atoms with Crippen LogP contribution in [0.1, 0.15) is 83.5 Å². The van der Waals surface area contributed by atoms with Gasteiger partial charge in [-0.2, -0.15) is 0 Å². The second-order valence-electron chi connectivity index (χ2n) is 10.7. The predicted octanol–water partition coefficient (Wildman–Crippen LogP) is 3.97. The number of nitrogens with zero attached hydrogens (tertiary/aromatic N) is 1. The largest absolute Gasteiger partial charge is 0.311 e. The van der Waals surface area contributed by atoms with Gasteiger partial charge in [-0.1, -0.05) is 46.5 Å². The average molecular weight is 446 g/mol. The minimum absolute atomic E-state index is 0.201. The maximum atomic E-state index is 5.07. The van der Waals surface area contributed by atoms with E-state index in [1.807, 2.05) is 11.8 Å². The van der Waals surface area contributed by atoms with E-state index in [-0.39, 0.29) is 4.75 Å². The van der Waals surface area contributed by atoms with Gasteiger partial charge in [0, 0.05) is 60.0 Å². The zero-order valence-electron chi connectivity index (χ0n) is 19.8. The molecule has 2 heterocycles. The number of nitrogens with one attached hydrogen (secondary N) is 4. The van der Waals surface area contributed by atoms with Gasteiger partial charge in [-0.15, -0.1) is 11.8 Å². The highest BCUT2D eigenvalue weighted by Crippen LogP contribution is 2.32. The van der Waals surface area contributed by atoms with Gasteiger partial charge in [0.1, 0.15) is 0 Å². The van der Waals surface area contributed by atoms with Crippen LogP contribution in [0.25, 0.3) is 0 Å². The molecule has 0 radical (unpaired) electrons. The smallest absolute Gasteiger partial charge is 0.0556 e. The molecule has 4 atom stereocenters. The van der Waals surface area contributed by atoms with Crippen molar-refractivity contribution in [1.29, 1.82) is 0 Å². The molecule has 1 aromatic rings. The lowest BCUT2D eigenvalue weighted by Gasteiger charge is -2.34. The summed E-state index contributed by atoms with van der Waals surface area (Å²) in [5, 5.41) is 15.5. The highest BCUT2D eigenvalue weighted by atomic mass is 32.2. The van der Waals surface area contributed by atoms with E-state index < -0.39 is 0 Å². The Morgan fingerprint density at radius 3 is 1.55 bits per heavy atom. The van der Waals surface area contributed by atoms with Gasteiger partial charge in [-0.05, 0) is 37.8 Å². The molecule has 0 saturated heterocycles. The molecule has 1 aromatic heterocycles. The lowest BCUT2D eigenvalue weighted by molar-refractivity contribution is 0.266. The fourth-order valence-corrected chi connectivity index (χ4v) is 6.54. The number of rotatable bonds is 1. The molecule has 0 aromatic carbocycles. The predicted molar refractivity (Wildman–Crippen MR) is 132 cm³/mol. The van der Waals surface area contributed by atoms with E-state index in [1.54, 1.807) is 0 Å². The molecular formula is C25H43N5S. The zero-order valence-corrected chi connectivity index (χ0v) is 20.6. The molecule has 3 aliphatic rings. The standard InChI is InChI=1S/C25H43N5S/c1-25(2,3)31-20-14-18-16-28-23-10-6-4-8-21(23)26-12-13-27-22-9-5-7-11-24(22)29-17-19(15-20)30-18/h14-15,21-24,26-29H,4-13,16-17H2,1-3H3/t21-,22?,23-,24?/m1/s1. The lowest BCUT2D eigenvalue weighted by atomic mass is 9.89. The van der Waals surface area contributed by atoms with Crippen LogP contribution < -0.4 is 21.3 Å². The molecule has 4 N–H and O–H groups in total. The number of fused-ring (bicyclic) bond motifs is 4. The van der Waals surface area contributed by atoms with E-state index in [0.29, 0.717) is 24.2 Å². The molecule has 31 heavy (non-hydrogen) atoms. The molecule has 4 rings (SSSR count). The minimum Gasteiger partial charge on any atom is -0.311 e. The molecular weight excluding hydrogens is 402 g/mol. The molecule has 2 bridgehead atoms. The number of thioether (sulfide) groups is 1. The van der Waals surface area contributed by atoms with Crippen molar-refractivity contribution < 1.29 is 0 Å². The topological polar surface area (TPSA) is 61.0 Å². The summed E-state index contributed by atoms with van der Waals surface area (Å²) in [7, 11) is 0. The summed E-state index contributed by atoms with van der Waals surface area (Å²) in [5.41, 5.74) is 2.37. The van der Waals surface area contributed by atoms with Gasteiger partial charge in [-0.3, -0.25) is 4.98 Å². The summed E-state index contributed by atoms with van der Waals surface area (Å²) in [6.45, 7) is 10.7. The first kappa shape index (κ1) is 23.5. The second-order valence-corrected chi connectivity index (χ2v) is 12.6. The Labute approximate surface area is 193 Å². The average Bonchev–Trinajstić information content (AvgIpc) is 2.73. The van der Waals surface area contributed by atoms with Gasteiger partial charge in [0.25, 0.3) is 0 Å². The number of aromatic nitrogens is 1. The van der Waals surface area contributed by atoms with Crippen LogP contribution in [0.4, 0.5) is 0 Å². The van der Waals surface area contributed by atoms with Crippen LogP contribution in [0.15, 0.2) is 17.0 Å². The van der Waals surface area contributed by atoms with Gasteiger partial charge >= 0.3 is 0 Å². The van der Waals surface area contributed by atoms with Gasteiger partial charge < -0.3 is 21.3 Å². The summed E-state index contributed by atoms with van der Waals surface area (Å²) in [5.74, 6) is 0. The quantitative estimate of drug-likeness (QED) is 0.491. The molecule has 6 heteroatoms. The first-order valence-electron chi connectivity index (χ1n) is 12.6. The van der Waals surface area contributed by atoms with Crippen molar-refractivity contribution in [2.24, 2.45) is 0 Å². The second kappa shape index (κ2) is 11.0. The maximum absolute atomic E-state index is 5.07. The van der Waals surface area contributed by atoms with Gasteiger partial charge in [0.05, 0.1) is 11.4 Å². The third-order valence-electron chi connectivity index (χ3n) is 6.89. The molecule has 0 amide bonds. The SMILES string of the molecule is CC(C)(C)Sc1cc2nc(c1)CN[C@@H]1CCCC[C@H]1NCCNC1CCCCC1NC2. The van der Waals surface area contributed by atoms with Gasteiger partial charge in [0.2, 0.25) is 0 Å². The minimum atomic E-state index is 0.201. The van der Waals surface area contributed by atoms with Crippen molar-refractivity contribution in [3.8, 4) is 0 Å². The highest BCUT2D eigenvalue weighted by Gasteiger charge is 2.27. The molecule has 2 fully saturated rings. The summed E-state index contributed by atoms with van der Waals surface area (Å²) in [6, 6.07) is 6.86. The Bertz CT molecular complexity index is 655. The molecule has 2 unspecified atom stereocenters. The summed E-state index contributed by atoms with van der Waals surface area (Å²) >= 11 is 1.95. The lowest BCUT2D eigenvalue weighted by Crippen LogP contribution is -2.53. The van der Waals surface area contributed by atoms with E-state index in [4.69, 9.17) is 4.98 Å². The Morgan fingerprint density at radius 2 is 1.13 bits per heavy atom. The molecule has 5 nitrogen and oxygen atoms in total. The zero-order chi connectivity index (χ0) is 21.7. The van der Waals surface area contributed by atoms with Crippen LogP contribution in [0.5, 0.6) is 0 Å². The third kappa shape index (κ3) is 7.16. The van der Waals surface area contributed by atoms with E-state index in [1.165, 1.54) is 67.6 Å². The van der Waals surface area contributed by atoms with E-state index >= 15 is 0 Å². The molecule has 0 spiro atoms. The summed E-state index contributed by atoms with van der Waals surface area (Å²) in [4.78, 5) is 6.41. The van der Waals surface area contributed by atoms with Crippen molar-refractivity contribution in [3.63, 3.8) is 0 Å². The van der Waals surface area contributed by atoms with E-state index in [0.717, 1.165) is 26.2 Å². The number of hydrogen-bond acceptors (Lipinski definition) is 6. The number of hydrogen-bond donors (Lipinski definition) is 4. The fraction of sp³-hybridized carbons (Fsp3) is 0.800. The number of pyridine rings is 1. The maximum Gasteiger partial charge on any atom is 0.0556 e. The van der Waals surface area contributed by atoms with Crippen molar-refractivity contribution in [2.45, 2.75) is 119 Å². The van der Waals surface area contributed by atoms with Crippen molar-refractivity contribution in [1.82, 2.24) is 26.3 Å². The van der Waals surface area contributed by atoms with Crippen LogP contribution >= 0.6 is 11.8 Å². The van der Waals surface area contributed by atoms with Crippen LogP contribution in [-0.4, -0.2) is 47.0 Å². The van der Waals surface area contributed by atoms with Crippen molar-refractivity contribution in [3.05, 3.63) is 23.5 Å².